The Morgan fingerprint density at radius 3 is 2.53 bits per heavy atom. The van der Waals surface area contributed by atoms with Gasteiger partial charge in [-0.3, -0.25) is 4.79 Å². The number of anilines is 1. The smallest absolute Gasteiger partial charge is 0.244 e. The molecule has 1 aromatic rings. The van der Waals surface area contributed by atoms with Gasteiger partial charge in [-0.2, -0.15) is 5.26 Å². The van der Waals surface area contributed by atoms with Crippen LogP contribution in [-0.4, -0.2) is 38.0 Å². The lowest BCUT2D eigenvalue weighted by Gasteiger charge is -2.28. The van der Waals surface area contributed by atoms with E-state index < -0.39 is 0 Å². The molecule has 1 atom stereocenters. The Morgan fingerprint density at radius 2 is 2.00 bits per heavy atom. The normalized spacial score (nSPS) is 11.5. The lowest BCUT2D eigenvalue weighted by atomic mass is 10.1. The fourth-order valence-corrected chi connectivity index (χ4v) is 1.56. The maximum Gasteiger partial charge on any atom is 0.244 e. The Bertz CT molecular complexity index is 448. The van der Waals surface area contributed by atoms with Gasteiger partial charge >= 0.3 is 0 Å². The van der Waals surface area contributed by atoms with Gasteiger partial charge in [0, 0.05) is 26.8 Å². The Morgan fingerprint density at radius 1 is 1.35 bits per heavy atom. The van der Waals surface area contributed by atoms with Crippen LogP contribution in [0.4, 0.5) is 5.69 Å². The van der Waals surface area contributed by atoms with Gasteiger partial charge in [-0.1, -0.05) is 6.07 Å². The molecule has 1 aromatic carbocycles. The molecule has 4 heteroatoms. The van der Waals surface area contributed by atoms with E-state index in [2.05, 4.69) is 6.07 Å². The minimum absolute atomic E-state index is 0.0369. The zero-order valence-electron chi connectivity index (χ0n) is 10.6. The van der Waals surface area contributed by atoms with Crippen molar-refractivity contribution in [1.82, 2.24) is 4.90 Å². The van der Waals surface area contributed by atoms with Crippen LogP contribution in [0.1, 0.15) is 12.5 Å². The molecule has 1 amide bonds. The summed E-state index contributed by atoms with van der Waals surface area (Å²) in [4.78, 5) is 15.3. The predicted octanol–water partition coefficient (Wildman–Crippen LogP) is 1.47. The summed E-state index contributed by atoms with van der Waals surface area (Å²) in [5.41, 5.74) is 1.46. The molecule has 0 radical (unpaired) electrons. The average molecular weight is 231 g/mol. The molecule has 0 aliphatic rings. The summed E-state index contributed by atoms with van der Waals surface area (Å²) in [5, 5.41) is 8.84. The van der Waals surface area contributed by atoms with Crippen LogP contribution in [0.5, 0.6) is 0 Å². The molecule has 0 heterocycles. The number of hydrogen-bond donors (Lipinski definition) is 0. The van der Waals surface area contributed by atoms with Crippen LogP contribution in [-0.2, 0) is 4.79 Å². The highest BCUT2D eigenvalue weighted by molar-refractivity contribution is 5.84. The third-order valence-electron chi connectivity index (χ3n) is 2.76. The second kappa shape index (κ2) is 5.35. The largest absolute Gasteiger partial charge is 0.363 e. The molecule has 0 aliphatic carbocycles. The lowest BCUT2D eigenvalue weighted by Crippen LogP contribution is -2.42. The fraction of sp³-hybridized carbons (Fsp3) is 0.385. The Labute approximate surface area is 102 Å². The van der Waals surface area contributed by atoms with Crippen molar-refractivity contribution in [2.24, 2.45) is 0 Å². The average Bonchev–Trinajstić information content (AvgIpc) is 2.36. The van der Waals surface area contributed by atoms with E-state index in [9.17, 15) is 4.79 Å². The second-order valence-electron chi connectivity index (χ2n) is 4.18. The van der Waals surface area contributed by atoms with Crippen LogP contribution >= 0.6 is 0 Å². The monoisotopic (exact) mass is 231 g/mol. The number of hydrogen-bond acceptors (Lipinski definition) is 3. The minimum Gasteiger partial charge on any atom is -0.363 e. The zero-order chi connectivity index (χ0) is 13.0. The van der Waals surface area contributed by atoms with E-state index in [-0.39, 0.29) is 11.9 Å². The van der Waals surface area contributed by atoms with Gasteiger partial charge in [0.2, 0.25) is 5.91 Å². The molecule has 0 fully saturated rings. The summed E-state index contributed by atoms with van der Waals surface area (Å²) in [7, 11) is 5.32. The summed E-state index contributed by atoms with van der Waals surface area (Å²) >= 11 is 0. The number of rotatable bonds is 3. The number of amides is 1. The second-order valence-corrected chi connectivity index (χ2v) is 4.18. The van der Waals surface area contributed by atoms with Crippen LogP contribution in [0.25, 0.3) is 0 Å². The van der Waals surface area contributed by atoms with Crippen LogP contribution in [0, 0.1) is 11.3 Å². The fourth-order valence-electron chi connectivity index (χ4n) is 1.56. The van der Waals surface area contributed by atoms with Crippen molar-refractivity contribution in [2.75, 3.05) is 26.0 Å². The van der Waals surface area contributed by atoms with E-state index in [0.29, 0.717) is 5.56 Å². The summed E-state index contributed by atoms with van der Waals surface area (Å²) in [6, 6.07) is 9.07. The van der Waals surface area contributed by atoms with Gasteiger partial charge in [-0.05, 0) is 25.1 Å². The number of benzene rings is 1. The standard InChI is InChI=1S/C13H17N3O/c1-10(13(17)15(2)3)16(4)12-7-5-6-11(8-12)9-14/h5-8,10H,1-4H3. The molecule has 1 unspecified atom stereocenters. The van der Waals surface area contributed by atoms with Crippen molar-refractivity contribution in [2.45, 2.75) is 13.0 Å². The van der Waals surface area contributed by atoms with Crippen molar-refractivity contribution in [3.8, 4) is 6.07 Å². The van der Waals surface area contributed by atoms with Crippen molar-refractivity contribution < 1.29 is 4.79 Å². The highest BCUT2D eigenvalue weighted by Gasteiger charge is 2.19. The Kier molecular flexibility index (Phi) is 4.11. The van der Waals surface area contributed by atoms with Gasteiger partial charge < -0.3 is 9.80 Å². The van der Waals surface area contributed by atoms with Gasteiger partial charge in [0.05, 0.1) is 11.6 Å². The van der Waals surface area contributed by atoms with E-state index in [1.807, 2.05) is 31.0 Å². The maximum atomic E-state index is 11.8. The first-order chi connectivity index (χ1) is 7.97. The summed E-state index contributed by atoms with van der Waals surface area (Å²) in [5.74, 6) is 0.0369. The molecule has 0 N–H and O–H groups in total. The third kappa shape index (κ3) is 2.97. The molecule has 0 spiro atoms. The van der Waals surface area contributed by atoms with E-state index in [0.717, 1.165) is 5.69 Å². The van der Waals surface area contributed by atoms with Gasteiger partial charge in [0.25, 0.3) is 0 Å². The molecular weight excluding hydrogens is 214 g/mol. The van der Waals surface area contributed by atoms with Gasteiger partial charge in [-0.25, -0.2) is 0 Å². The lowest BCUT2D eigenvalue weighted by molar-refractivity contribution is -0.129. The molecule has 0 saturated carbocycles. The van der Waals surface area contributed by atoms with Crippen molar-refractivity contribution in [3.63, 3.8) is 0 Å². The molecule has 4 nitrogen and oxygen atoms in total. The summed E-state index contributed by atoms with van der Waals surface area (Å²) < 4.78 is 0. The molecule has 0 bridgehead atoms. The highest BCUT2D eigenvalue weighted by Crippen LogP contribution is 2.17. The Hall–Kier alpha value is -2.02. The molecule has 90 valence electrons. The molecule has 0 aromatic heterocycles. The maximum absolute atomic E-state index is 11.8. The molecule has 1 rings (SSSR count). The zero-order valence-corrected chi connectivity index (χ0v) is 10.6. The third-order valence-corrected chi connectivity index (χ3v) is 2.76. The van der Waals surface area contributed by atoms with Crippen molar-refractivity contribution in [1.29, 1.82) is 5.26 Å². The number of nitrogens with zero attached hydrogens (tertiary/aromatic N) is 3. The summed E-state index contributed by atoms with van der Waals surface area (Å²) in [6.45, 7) is 1.85. The highest BCUT2D eigenvalue weighted by atomic mass is 16.2. The van der Waals surface area contributed by atoms with Crippen LogP contribution in [0.2, 0.25) is 0 Å². The first kappa shape index (κ1) is 13.0. The van der Waals surface area contributed by atoms with Crippen molar-refractivity contribution >= 4 is 11.6 Å². The van der Waals surface area contributed by atoms with E-state index >= 15 is 0 Å². The van der Waals surface area contributed by atoms with E-state index in [4.69, 9.17) is 5.26 Å². The molecule has 17 heavy (non-hydrogen) atoms. The number of nitriles is 1. The topological polar surface area (TPSA) is 47.3 Å². The van der Waals surface area contributed by atoms with Gasteiger partial charge in [-0.15, -0.1) is 0 Å². The minimum atomic E-state index is -0.251. The number of likely N-dealkylation sites (N-methyl/N-ethyl adjacent to an activating group) is 2. The van der Waals surface area contributed by atoms with Gasteiger partial charge in [0.15, 0.2) is 0 Å². The Balaban J connectivity index is 2.92. The quantitative estimate of drug-likeness (QED) is 0.791. The van der Waals surface area contributed by atoms with Crippen LogP contribution in [0.3, 0.4) is 0 Å². The predicted molar refractivity (Wildman–Crippen MR) is 67.7 cm³/mol. The first-order valence-electron chi connectivity index (χ1n) is 5.41. The summed E-state index contributed by atoms with van der Waals surface area (Å²) in [6.07, 6.45) is 0. The number of carbonyl (C=O) groups is 1. The number of carbonyl (C=O) groups excluding carboxylic acids is 1. The molecule has 0 aliphatic heterocycles. The van der Waals surface area contributed by atoms with Gasteiger partial charge in [0.1, 0.15) is 6.04 Å². The first-order valence-corrected chi connectivity index (χ1v) is 5.41. The van der Waals surface area contributed by atoms with Crippen LogP contribution in [0.15, 0.2) is 24.3 Å². The molecule has 0 saturated heterocycles. The van der Waals surface area contributed by atoms with E-state index in [1.165, 1.54) is 0 Å². The molecular formula is C13H17N3O. The van der Waals surface area contributed by atoms with Crippen LogP contribution < -0.4 is 4.90 Å². The van der Waals surface area contributed by atoms with Crippen molar-refractivity contribution in [3.05, 3.63) is 29.8 Å². The SMILES string of the molecule is CC(C(=O)N(C)C)N(C)c1cccc(C#N)c1. The van der Waals surface area contributed by atoms with E-state index in [1.54, 1.807) is 31.1 Å².